The molecule has 1 unspecified atom stereocenters. The van der Waals surface area contributed by atoms with Crippen molar-refractivity contribution in [2.75, 3.05) is 34.4 Å². The highest BCUT2D eigenvalue weighted by molar-refractivity contribution is 5.96. The number of likely N-dealkylation sites (N-methyl/N-ethyl adjacent to an activating group) is 1. The Labute approximate surface area is 157 Å². The molecule has 1 aromatic rings. The molecule has 0 heterocycles. The maximum absolute atomic E-state index is 12.1. The van der Waals surface area contributed by atoms with Gasteiger partial charge in [0, 0.05) is 6.04 Å². The lowest BCUT2D eigenvalue weighted by molar-refractivity contribution is -0.863. The molecule has 9 nitrogen and oxygen atoms in total. The van der Waals surface area contributed by atoms with Crippen molar-refractivity contribution < 1.29 is 38.3 Å². The summed E-state index contributed by atoms with van der Waals surface area (Å²) in [5, 5.41) is 2.73. The van der Waals surface area contributed by atoms with Crippen molar-refractivity contribution >= 4 is 23.8 Å². The first kappa shape index (κ1) is 22.1. The number of quaternary nitrogens is 1. The lowest BCUT2D eigenvalue weighted by atomic mass is 10.1. The van der Waals surface area contributed by atoms with Gasteiger partial charge in [-0.3, -0.25) is 4.79 Å². The zero-order valence-corrected chi connectivity index (χ0v) is 16.1. The smallest absolute Gasteiger partial charge is 0.367 e. The van der Waals surface area contributed by atoms with Crippen molar-refractivity contribution in [2.45, 2.75) is 19.9 Å². The lowest BCUT2D eigenvalue weighted by Crippen LogP contribution is -3.11. The van der Waals surface area contributed by atoms with E-state index >= 15 is 0 Å². The largest absolute Gasteiger partial charge is 0.465 e. The number of esters is 3. The number of rotatable bonds is 8. The van der Waals surface area contributed by atoms with Crippen molar-refractivity contribution in [1.82, 2.24) is 5.32 Å². The third-order valence-corrected chi connectivity index (χ3v) is 3.34. The van der Waals surface area contributed by atoms with Gasteiger partial charge in [-0.25, -0.2) is 14.4 Å². The zero-order valence-electron chi connectivity index (χ0n) is 16.1. The predicted molar refractivity (Wildman–Crippen MR) is 94.7 cm³/mol. The number of benzene rings is 1. The van der Waals surface area contributed by atoms with E-state index in [4.69, 9.17) is 4.74 Å². The predicted octanol–water partition coefficient (Wildman–Crippen LogP) is -0.795. The normalized spacial score (nSPS) is 11.5. The summed E-state index contributed by atoms with van der Waals surface area (Å²) in [6.07, 6.45) is 0. The average Bonchev–Trinajstić information content (AvgIpc) is 2.58. The van der Waals surface area contributed by atoms with E-state index in [1.54, 1.807) is 7.05 Å². The van der Waals surface area contributed by atoms with Crippen LogP contribution in [0.1, 0.15) is 34.6 Å². The van der Waals surface area contributed by atoms with Gasteiger partial charge in [-0.05, 0) is 32.0 Å². The van der Waals surface area contributed by atoms with E-state index in [-0.39, 0.29) is 41.9 Å². The van der Waals surface area contributed by atoms with Crippen LogP contribution in [-0.2, 0) is 19.1 Å². The summed E-state index contributed by atoms with van der Waals surface area (Å²) in [5.41, 5.74) is 0.0837. The molecule has 1 aromatic carbocycles. The molecule has 2 N–H and O–H groups in total. The summed E-state index contributed by atoms with van der Waals surface area (Å²) < 4.78 is 14.5. The number of ether oxygens (including phenoxy) is 3. The van der Waals surface area contributed by atoms with Gasteiger partial charge in [0.1, 0.15) is 5.75 Å². The minimum atomic E-state index is -0.689. The Morgan fingerprint density at radius 2 is 1.48 bits per heavy atom. The first-order chi connectivity index (χ1) is 12.7. The van der Waals surface area contributed by atoms with Crippen LogP contribution in [0.4, 0.5) is 0 Å². The highest BCUT2D eigenvalue weighted by Gasteiger charge is 2.19. The molecule has 1 atom stereocenters. The van der Waals surface area contributed by atoms with Gasteiger partial charge in [-0.15, -0.1) is 0 Å². The number of amides is 1. The molecule has 0 radical (unpaired) electrons. The van der Waals surface area contributed by atoms with Crippen molar-refractivity contribution in [2.24, 2.45) is 0 Å². The summed E-state index contributed by atoms with van der Waals surface area (Å²) in [6.45, 7) is 3.70. The third kappa shape index (κ3) is 7.45. The van der Waals surface area contributed by atoms with Crippen molar-refractivity contribution in [3.05, 3.63) is 29.3 Å². The zero-order chi connectivity index (χ0) is 20.6. The standard InChI is InChI=1S/C18H24N2O7/c1-11(2)19-15(21)9-20(3)10-16(22)27-14-7-12(17(23)25-4)6-13(8-14)18(24)26-5/h6-8,11H,9-10H2,1-5H3,(H,19,21)/p+1. The summed E-state index contributed by atoms with van der Waals surface area (Å²) >= 11 is 0. The Morgan fingerprint density at radius 3 is 1.93 bits per heavy atom. The number of carbonyl (C=O) groups excluding carboxylic acids is 4. The first-order valence-corrected chi connectivity index (χ1v) is 8.29. The summed E-state index contributed by atoms with van der Waals surface area (Å²) in [5.74, 6) is -2.18. The van der Waals surface area contributed by atoms with E-state index in [1.807, 2.05) is 13.8 Å². The number of carbonyl (C=O) groups is 4. The van der Waals surface area contributed by atoms with Gasteiger partial charge in [0.15, 0.2) is 13.1 Å². The molecule has 0 saturated carbocycles. The van der Waals surface area contributed by atoms with Gasteiger partial charge in [0.25, 0.3) is 5.91 Å². The molecule has 0 saturated heterocycles. The van der Waals surface area contributed by atoms with Gasteiger partial charge in [-0.2, -0.15) is 0 Å². The molecule has 0 fully saturated rings. The summed E-state index contributed by atoms with van der Waals surface area (Å²) in [7, 11) is 4.06. The Balaban J connectivity index is 2.84. The van der Waals surface area contributed by atoms with E-state index < -0.39 is 17.9 Å². The van der Waals surface area contributed by atoms with Crippen LogP contribution in [0.5, 0.6) is 5.75 Å². The Morgan fingerprint density at radius 1 is 0.963 bits per heavy atom. The number of hydrogen-bond acceptors (Lipinski definition) is 7. The molecule has 0 aliphatic heterocycles. The van der Waals surface area contributed by atoms with E-state index in [2.05, 4.69) is 14.8 Å². The molecule has 27 heavy (non-hydrogen) atoms. The van der Waals surface area contributed by atoms with E-state index in [1.165, 1.54) is 32.4 Å². The van der Waals surface area contributed by atoms with Crippen LogP contribution < -0.4 is 15.0 Å². The van der Waals surface area contributed by atoms with Gasteiger partial charge < -0.3 is 24.4 Å². The van der Waals surface area contributed by atoms with Crippen LogP contribution in [0.15, 0.2) is 18.2 Å². The minimum absolute atomic E-state index is 0.00253. The Hall–Kier alpha value is -2.94. The van der Waals surface area contributed by atoms with Crippen molar-refractivity contribution in [3.8, 4) is 5.75 Å². The monoisotopic (exact) mass is 381 g/mol. The van der Waals surface area contributed by atoms with Crippen LogP contribution in [0, 0.1) is 0 Å². The highest BCUT2D eigenvalue weighted by atomic mass is 16.5. The molecule has 0 aliphatic carbocycles. The molecule has 0 aliphatic rings. The SMILES string of the molecule is COC(=O)c1cc(OC(=O)C[NH+](C)CC(=O)NC(C)C)cc(C(=O)OC)c1. The van der Waals surface area contributed by atoms with Crippen molar-refractivity contribution in [1.29, 1.82) is 0 Å². The second-order valence-corrected chi connectivity index (χ2v) is 6.24. The summed E-state index contributed by atoms with van der Waals surface area (Å²) in [6, 6.07) is 3.87. The van der Waals surface area contributed by atoms with Gasteiger partial charge in [-0.1, -0.05) is 0 Å². The highest BCUT2D eigenvalue weighted by Crippen LogP contribution is 2.19. The maximum atomic E-state index is 12.1. The van der Waals surface area contributed by atoms with E-state index in [9.17, 15) is 19.2 Å². The van der Waals surface area contributed by atoms with Gasteiger partial charge in [0.05, 0.1) is 32.4 Å². The van der Waals surface area contributed by atoms with Gasteiger partial charge >= 0.3 is 17.9 Å². The fraction of sp³-hybridized carbons (Fsp3) is 0.444. The Bertz CT molecular complexity index is 681. The first-order valence-electron chi connectivity index (χ1n) is 8.29. The molecule has 0 bridgehead atoms. The number of hydrogen-bond donors (Lipinski definition) is 2. The lowest BCUT2D eigenvalue weighted by Gasteiger charge is -2.14. The van der Waals surface area contributed by atoms with E-state index in [0.29, 0.717) is 4.90 Å². The van der Waals surface area contributed by atoms with E-state index in [0.717, 1.165) is 0 Å². The van der Waals surface area contributed by atoms with Crippen molar-refractivity contribution in [3.63, 3.8) is 0 Å². The molecule has 1 rings (SSSR count). The molecular weight excluding hydrogens is 356 g/mol. The molecule has 9 heteroatoms. The topological polar surface area (TPSA) is 112 Å². The molecule has 0 spiro atoms. The molecule has 148 valence electrons. The second-order valence-electron chi connectivity index (χ2n) is 6.24. The van der Waals surface area contributed by atoms with Crippen LogP contribution in [0.25, 0.3) is 0 Å². The van der Waals surface area contributed by atoms with Crippen LogP contribution >= 0.6 is 0 Å². The number of methoxy groups -OCH3 is 2. The molecule has 1 amide bonds. The number of nitrogens with one attached hydrogen (secondary N) is 2. The quantitative estimate of drug-likeness (QED) is 0.448. The minimum Gasteiger partial charge on any atom is -0.465 e. The van der Waals surface area contributed by atoms with Crippen LogP contribution in [0.3, 0.4) is 0 Å². The average molecular weight is 381 g/mol. The van der Waals surface area contributed by atoms with Crippen LogP contribution in [-0.4, -0.2) is 64.2 Å². The molecular formula is C18H25N2O7+. The van der Waals surface area contributed by atoms with Crippen LogP contribution in [0.2, 0.25) is 0 Å². The fourth-order valence-electron chi connectivity index (χ4n) is 2.25. The Kier molecular flexibility index (Phi) is 8.40. The fourth-order valence-corrected chi connectivity index (χ4v) is 2.25. The van der Waals surface area contributed by atoms with Gasteiger partial charge in [0.2, 0.25) is 0 Å². The maximum Gasteiger partial charge on any atom is 0.367 e. The third-order valence-electron chi connectivity index (χ3n) is 3.34. The summed E-state index contributed by atoms with van der Waals surface area (Å²) in [4.78, 5) is 47.9. The molecule has 0 aromatic heterocycles. The second kappa shape index (κ2) is 10.3.